The maximum atomic E-state index is 13.2. The molecule has 0 amide bonds. The number of benzene rings is 2. The van der Waals surface area contributed by atoms with E-state index in [1.54, 1.807) is 31.4 Å². The fourth-order valence-corrected chi connectivity index (χ4v) is 4.13. The van der Waals surface area contributed by atoms with Crippen molar-refractivity contribution in [2.45, 2.75) is 26.1 Å². The number of aryl methyl sites for hydroxylation is 1. The summed E-state index contributed by atoms with van der Waals surface area (Å²) in [4.78, 5) is 24.8. The molecule has 37 heavy (non-hydrogen) atoms. The van der Waals surface area contributed by atoms with Gasteiger partial charge in [-0.05, 0) is 66.9 Å². The van der Waals surface area contributed by atoms with Gasteiger partial charge in [0.15, 0.2) is 5.78 Å². The smallest absolute Gasteiger partial charge is 0.359 e. The molecule has 10 heteroatoms. The third-order valence-electron chi connectivity index (χ3n) is 5.83. The third kappa shape index (κ3) is 6.14. The van der Waals surface area contributed by atoms with Crippen LogP contribution in [0.5, 0.6) is 0 Å². The van der Waals surface area contributed by atoms with Gasteiger partial charge < -0.3 is 15.1 Å². The topological polar surface area (TPSA) is 98.4 Å². The molecule has 2 N–H and O–H groups in total. The summed E-state index contributed by atoms with van der Waals surface area (Å²) < 4.78 is 40.9. The van der Waals surface area contributed by atoms with Gasteiger partial charge >= 0.3 is 6.18 Å². The molecule has 0 saturated carbocycles. The molecule has 0 bridgehead atoms. The second-order valence-corrected chi connectivity index (χ2v) is 8.56. The zero-order valence-electron chi connectivity index (χ0n) is 20.6. The van der Waals surface area contributed by atoms with Crippen LogP contribution < -0.4 is 10.9 Å². The SMILES string of the molecule is CC(=O)/C(=C(\C)Nc1cccc(C(F)(F)F)c1)C(c1ccc(C#N)cc1-c1ccc(=O)n(C)c1)N(C)O. The Bertz CT molecular complexity index is 1470. The van der Waals surface area contributed by atoms with Gasteiger partial charge in [-0.2, -0.15) is 23.5 Å². The zero-order valence-corrected chi connectivity index (χ0v) is 20.6. The van der Waals surface area contributed by atoms with E-state index in [9.17, 15) is 33.2 Å². The number of pyridine rings is 1. The Morgan fingerprint density at radius 1 is 1.14 bits per heavy atom. The fraction of sp³-hybridized carbons (Fsp3) is 0.222. The molecular weight excluding hydrogens is 485 g/mol. The van der Waals surface area contributed by atoms with Crippen molar-refractivity contribution in [2.75, 3.05) is 12.4 Å². The van der Waals surface area contributed by atoms with E-state index < -0.39 is 23.6 Å². The third-order valence-corrected chi connectivity index (χ3v) is 5.83. The van der Waals surface area contributed by atoms with E-state index in [1.807, 2.05) is 0 Å². The lowest BCUT2D eigenvalue weighted by atomic mass is 9.87. The van der Waals surface area contributed by atoms with Crippen LogP contribution in [0.25, 0.3) is 11.1 Å². The van der Waals surface area contributed by atoms with Crippen LogP contribution in [0.3, 0.4) is 0 Å². The number of anilines is 1. The molecule has 0 aliphatic rings. The molecule has 3 rings (SSSR count). The second kappa shape index (κ2) is 10.8. The predicted octanol–water partition coefficient (Wildman–Crippen LogP) is 5.28. The van der Waals surface area contributed by atoms with Crippen molar-refractivity contribution in [3.63, 3.8) is 0 Å². The minimum atomic E-state index is -4.54. The molecule has 1 atom stereocenters. The summed E-state index contributed by atoms with van der Waals surface area (Å²) in [5.74, 6) is -0.432. The van der Waals surface area contributed by atoms with E-state index in [4.69, 9.17) is 0 Å². The second-order valence-electron chi connectivity index (χ2n) is 8.56. The lowest BCUT2D eigenvalue weighted by molar-refractivity contribution is -0.137. The van der Waals surface area contributed by atoms with Gasteiger partial charge in [-0.1, -0.05) is 12.1 Å². The molecule has 3 aromatic rings. The number of carbonyl (C=O) groups is 1. The minimum absolute atomic E-state index is 0.0955. The molecule has 0 saturated heterocycles. The van der Waals surface area contributed by atoms with Crippen LogP contribution in [0, 0.1) is 11.3 Å². The van der Waals surface area contributed by atoms with Crippen molar-refractivity contribution in [2.24, 2.45) is 7.05 Å². The van der Waals surface area contributed by atoms with Crippen molar-refractivity contribution in [3.8, 4) is 17.2 Å². The maximum Gasteiger partial charge on any atom is 0.416 e. The number of nitriles is 1. The van der Waals surface area contributed by atoms with E-state index in [-0.39, 0.29) is 22.5 Å². The molecule has 7 nitrogen and oxygen atoms in total. The molecule has 1 unspecified atom stereocenters. The van der Waals surface area contributed by atoms with Crippen LogP contribution >= 0.6 is 0 Å². The summed E-state index contributed by atoms with van der Waals surface area (Å²) in [6.45, 7) is 2.82. The molecule has 1 heterocycles. The molecule has 1 aromatic heterocycles. The Kier molecular flexibility index (Phi) is 8.01. The molecule has 2 aromatic carbocycles. The van der Waals surface area contributed by atoms with Gasteiger partial charge in [0, 0.05) is 43.3 Å². The van der Waals surface area contributed by atoms with Crippen LogP contribution in [0.2, 0.25) is 0 Å². The molecule has 192 valence electrons. The maximum absolute atomic E-state index is 13.2. The summed E-state index contributed by atoms with van der Waals surface area (Å²) in [5.41, 5.74) is 1.16. The molecule has 0 aliphatic heterocycles. The van der Waals surface area contributed by atoms with Crippen LogP contribution in [0.1, 0.15) is 36.6 Å². The number of hydrogen-bond acceptors (Lipinski definition) is 6. The number of likely N-dealkylation sites (N-methyl/N-ethyl adjacent to an activating group) is 1. The molecule has 0 spiro atoms. The minimum Gasteiger partial charge on any atom is -0.359 e. The van der Waals surface area contributed by atoms with E-state index >= 15 is 0 Å². The number of nitrogens with zero attached hydrogens (tertiary/aromatic N) is 3. The Balaban J connectivity index is 2.21. The van der Waals surface area contributed by atoms with Crippen molar-refractivity contribution in [1.82, 2.24) is 9.63 Å². The van der Waals surface area contributed by atoms with Gasteiger partial charge in [-0.3, -0.25) is 9.59 Å². The molecule has 0 radical (unpaired) electrons. The summed E-state index contributed by atoms with van der Waals surface area (Å²) in [5, 5.41) is 23.8. The molecular formula is C27H25F3N4O3. The van der Waals surface area contributed by atoms with Crippen molar-refractivity contribution >= 4 is 11.5 Å². The van der Waals surface area contributed by atoms with Crippen LogP contribution in [0.15, 0.2) is 76.9 Å². The Labute approximate surface area is 211 Å². The van der Waals surface area contributed by atoms with Gasteiger partial charge in [0.1, 0.15) is 0 Å². The number of carbonyl (C=O) groups excluding carboxylic acids is 1. The van der Waals surface area contributed by atoms with E-state index in [1.165, 1.54) is 49.7 Å². The number of rotatable bonds is 7. The number of nitrogens with one attached hydrogen (secondary N) is 1. The lowest BCUT2D eigenvalue weighted by Crippen LogP contribution is -2.28. The van der Waals surface area contributed by atoms with Gasteiger partial charge in [0.2, 0.25) is 5.56 Å². The number of hydroxylamine groups is 2. The summed E-state index contributed by atoms with van der Waals surface area (Å²) in [7, 11) is 2.91. The number of ketones is 1. The molecule has 0 aliphatic carbocycles. The van der Waals surface area contributed by atoms with E-state index in [0.717, 1.165) is 17.2 Å². The number of aromatic nitrogens is 1. The summed E-state index contributed by atoms with van der Waals surface area (Å²) >= 11 is 0. The highest BCUT2D eigenvalue weighted by Crippen LogP contribution is 2.37. The van der Waals surface area contributed by atoms with Gasteiger partial charge in [0.25, 0.3) is 0 Å². The normalized spacial score (nSPS) is 13.1. The first-order valence-corrected chi connectivity index (χ1v) is 11.1. The Hall–Kier alpha value is -4.20. The average Bonchev–Trinajstić information content (AvgIpc) is 2.83. The number of Topliss-reactive ketones (excluding diaryl/α,β-unsaturated/α-hetero) is 1. The van der Waals surface area contributed by atoms with Crippen LogP contribution in [0.4, 0.5) is 18.9 Å². The largest absolute Gasteiger partial charge is 0.416 e. The fourth-order valence-electron chi connectivity index (χ4n) is 4.13. The standard InChI is InChI=1S/C27H25F3N4O3/c1-16(32-21-7-5-6-20(13-21)27(28,29)30)25(17(2)35)26(34(4)37)22-10-8-18(14-31)12-23(22)19-9-11-24(36)33(3)15-19/h5-13,15,26,32,37H,1-4H3/b25-16-. The first-order chi connectivity index (χ1) is 17.3. The monoisotopic (exact) mass is 510 g/mol. The number of allylic oxidation sites excluding steroid dienone is 1. The summed E-state index contributed by atoms with van der Waals surface area (Å²) in [6, 6.07) is 13.2. The van der Waals surface area contributed by atoms with Crippen LogP contribution in [-0.4, -0.2) is 27.7 Å². The Morgan fingerprint density at radius 2 is 1.84 bits per heavy atom. The Morgan fingerprint density at radius 3 is 2.41 bits per heavy atom. The van der Waals surface area contributed by atoms with Gasteiger partial charge in [-0.25, -0.2) is 0 Å². The highest BCUT2D eigenvalue weighted by molar-refractivity contribution is 5.96. The first kappa shape index (κ1) is 27.4. The predicted molar refractivity (Wildman–Crippen MR) is 133 cm³/mol. The van der Waals surface area contributed by atoms with Crippen molar-refractivity contribution in [1.29, 1.82) is 5.26 Å². The molecule has 0 fully saturated rings. The van der Waals surface area contributed by atoms with Gasteiger partial charge in [-0.15, -0.1) is 0 Å². The first-order valence-electron chi connectivity index (χ1n) is 11.1. The summed E-state index contributed by atoms with van der Waals surface area (Å²) in [6.07, 6.45) is -2.97. The number of alkyl halides is 3. The lowest BCUT2D eigenvalue weighted by Gasteiger charge is -2.29. The average molecular weight is 511 g/mol. The number of halogens is 3. The van der Waals surface area contributed by atoms with Crippen molar-refractivity contribution < 1.29 is 23.2 Å². The highest BCUT2D eigenvalue weighted by atomic mass is 19.4. The van der Waals surface area contributed by atoms with Crippen molar-refractivity contribution in [3.05, 3.63) is 99.1 Å². The van der Waals surface area contributed by atoms with Gasteiger partial charge in [0.05, 0.1) is 23.2 Å². The number of hydrogen-bond donors (Lipinski definition) is 2. The zero-order chi connectivity index (χ0) is 27.5. The van der Waals surface area contributed by atoms with Crippen LogP contribution in [-0.2, 0) is 18.0 Å². The quantitative estimate of drug-likeness (QED) is 0.332. The van der Waals surface area contributed by atoms with E-state index in [0.29, 0.717) is 22.3 Å². The highest BCUT2D eigenvalue weighted by Gasteiger charge is 2.31. The van der Waals surface area contributed by atoms with E-state index in [2.05, 4.69) is 11.4 Å².